The minimum atomic E-state index is 0.0877. The van der Waals surface area contributed by atoms with Crippen LogP contribution in [0.1, 0.15) is 26.2 Å². The topological polar surface area (TPSA) is 46.3 Å². The molecule has 1 amide bonds. The lowest BCUT2D eigenvalue weighted by molar-refractivity contribution is -0.135. The highest BCUT2D eigenvalue weighted by Crippen LogP contribution is 2.17. The summed E-state index contributed by atoms with van der Waals surface area (Å²) in [6.45, 7) is 2.88. The van der Waals surface area contributed by atoms with Gasteiger partial charge in [0.1, 0.15) is 0 Å². The highest BCUT2D eigenvalue weighted by molar-refractivity contribution is 5.76. The van der Waals surface area contributed by atoms with Gasteiger partial charge in [0, 0.05) is 13.0 Å². The van der Waals surface area contributed by atoms with Crippen LogP contribution in [0.25, 0.3) is 0 Å². The van der Waals surface area contributed by atoms with E-state index in [1.807, 2.05) is 0 Å². The van der Waals surface area contributed by atoms with Gasteiger partial charge in [-0.15, -0.1) is 0 Å². The van der Waals surface area contributed by atoms with Gasteiger partial charge in [-0.2, -0.15) is 0 Å². The van der Waals surface area contributed by atoms with E-state index >= 15 is 0 Å². The molecule has 1 aliphatic heterocycles. The fourth-order valence-corrected chi connectivity index (χ4v) is 1.28. The molecule has 2 N–H and O–H groups in total. The Hall–Kier alpha value is -0.570. The van der Waals surface area contributed by atoms with E-state index in [9.17, 15) is 4.79 Å². The van der Waals surface area contributed by atoms with Crippen molar-refractivity contribution in [2.45, 2.75) is 26.2 Å². The Bertz CT molecular complexity index is 136. The summed E-state index contributed by atoms with van der Waals surface area (Å²) in [5.74, 6) is 6.14. The largest absolute Gasteiger partial charge is 0.280 e. The van der Waals surface area contributed by atoms with Crippen LogP contribution in [-0.2, 0) is 4.79 Å². The molecule has 1 heterocycles. The van der Waals surface area contributed by atoms with Gasteiger partial charge in [-0.25, -0.2) is 5.84 Å². The number of piperidine rings is 1. The van der Waals surface area contributed by atoms with E-state index in [0.29, 0.717) is 12.3 Å². The lowest BCUT2D eigenvalue weighted by Gasteiger charge is -2.27. The first kappa shape index (κ1) is 7.54. The smallest absolute Gasteiger partial charge is 0.236 e. The van der Waals surface area contributed by atoms with Crippen molar-refractivity contribution >= 4 is 5.91 Å². The first-order chi connectivity index (χ1) is 4.74. The number of nitrogens with zero attached hydrogens (tertiary/aromatic N) is 1. The van der Waals surface area contributed by atoms with Gasteiger partial charge in [-0.1, -0.05) is 13.3 Å². The standard InChI is InChI=1S/C7H14N2O/c1-2-6-3-4-7(10)9(8)5-6/h6H,2-5,8H2,1H3/t6-/m1/s1. The molecule has 10 heavy (non-hydrogen) atoms. The number of hydrogen-bond acceptors (Lipinski definition) is 2. The third kappa shape index (κ3) is 1.48. The number of amides is 1. The SMILES string of the molecule is CC[C@@H]1CCC(=O)N(N)C1. The summed E-state index contributed by atoms with van der Waals surface area (Å²) in [5, 5.41) is 1.34. The van der Waals surface area contributed by atoms with E-state index in [2.05, 4.69) is 6.92 Å². The fourth-order valence-electron chi connectivity index (χ4n) is 1.28. The number of rotatable bonds is 1. The average molecular weight is 142 g/mol. The van der Waals surface area contributed by atoms with Gasteiger partial charge in [-0.05, 0) is 12.3 Å². The first-order valence-electron chi connectivity index (χ1n) is 3.79. The van der Waals surface area contributed by atoms with Crippen LogP contribution in [0.5, 0.6) is 0 Å². The molecular weight excluding hydrogens is 128 g/mol. The second-order valence-electron chi connectivity index (χ2n) is 2.86. The molecule has 0 radical (unpaired) electrons. The molecule has 0 aromatic carbocycles. The molecule has 58 valence electrons. The summed E-state index contributed by atoms with van der Waals surface area (Å²) < 4.78 is 0. The summed E-state index contributed by atoms with van der Waals surface area (Å²) in [7, 11) is 0. The monoisotopic (exact) mass is 142 g/mol. The Morgan fingerprint density at radius 1 is 1.80 bits per heavy atom. The Kier molecular flexibility index (Phi) is 2.27. The van der Waals surface area contributed by atoms with E-state index in [1.54, 1.807) is 0 Å². The molecule has 0 aromatic heterocycles. The molecule has 0 unspecified atom stereocenters. The zero-order valence-corrected chi connectivity index (χ0v) is 6.34. The molecular formula is C7H14N2O. The normalized spacial score (nSPS) is 27.2. The summed E-state index contributed by atoms with van der Waals surface area (Å²) >= 11 is 0. The van der Waals surface area contributed by atoms with Crippen LogP contribution >= 0.6 is 0 Å². The number of hydrogen-bond donors (Lipinski definition) is 1. The quantitative estimate of drug-likeness (QED) is 0.428. The van der Waals surface area contributed by atoms with Crippen molar-refractivity contribution in [3.05, 3.63) is 0 Å². The van der Waals surface area contributed by atoms with Gasteiger partial charge in [0.25, 0.3) is 0 Å². The average Bonchev–Trinajstić information content (AvgIpc) is 1.95. The van der Waals surface area contributed by atoms with Crippen LogP contribution in [-0.4, -0.2) is 17.5 Å². The van der Waals surface area contributed by atoms with Crippen LogP contribution in [0.4, 0.5) is 0 Å². The number of hydrazine groups is 1. The van der Waals surface area contributed by atoms with Gasteiger partial charge in [0.05, 0.1) is 0 Å². The highest BCUT2D eigenvalue weighted by Gasteiger charge is 2.21. The summed E-state index contributed by atoms with van der Waals surface area (Å²) in [6.07, 6.45) is 2.78. The number of nitrogens with two attached hydrogens (primary N) is 1. The van der Waals surface area contributed by atoms with E-state index in [-0.39, 0.29) is 5.91 Å². The molecule has 3 nitrogen and oxygen atoms in total. The van der Waals surface area contributed by atoms with E-state index < -0.39 is 0 Å². The van der Waals surface area contributed by atoms with Gasteiger partial charge in [-0.3, -0.25) is 9.80 Å². The van der Waals surface area contributed by atoms with Gasteiger partial charge < -0.3 is 0 Å². The summed E-state index contributed by atoms with van der Waals surface area (Å²) in [4.78, 5) is 10.9. The molecule has 1 aliphatic rings. The minimum Gasteiger partial charge on any atom is -0.280 e. The van der Waals surface area contributed by atoms with Crippen LogP contribution in [0.3, 0.4) is 0 Å². The Balaban J connectivity index is 2.40. The number of carbonyl (C=O) groups is 1. The van der Waals surface area contributed by atoms with Crippen molar-refractivity contribution in [2.75, 3.05) is 6.54 Å². The summed E-state index contributed by atoms with van der Waals surface area (Å²) in [6, 6.07) is 0. The fraction of sp³-hybridized carbons (Fsp3) is 0.857. The Morgan fingerprint density at radius 3 is 3.00 bits per heavy atom. The first-order valence-corrected chi connectivity index (χ1v) is 3.79. The molecule has 0 aromatic rings. The molecule has 1 fully saturated rings. The van der Waals surface area contributed by atoms with Gasteiger partial charge in [0.15, 0.2) is 0 Å². The number of carbonyl (C=O) groups excluding carboxylic acids is 1. The van der Waals surface area contributed by atoms with E-state index in [0.717, 1.165) is 19.4 Å². The van der Waals surface area contributed by atoms with E-state index in [1.165, 1.54) is 5.01 Å². The third-order valence-electron chi connectivity index (χ3n) is 2.12. The van der Waals surface area contributed by atoms with Crippen molar-refractivity contribution in [2.24, 2.45) is 11.8 Å². The maximum Gasteiger partial charge on any atom is 0.236 e. The summed E-state index contributed by atoms with van der Waals surface area (Å²) in [5.41, 5.74) is 0. The van der Waals surface area contributed by atoms with Crippen molar-refractivity contribution in [1.29, 1.82) is 0 Å². The minimum absolute atomic E-state index is 0.0877. The molecule has 1 rings (SSSR count). The molecule has 0 spiro atoms. The molecule has 0 aliphatic carbocycles. The van der Waals surface area contributed by atoms with Gasteiger partial charge in [0.2, 0.25) is 5.91 Å². The third-order valence-corrected chi connectivity index (χ3v) is 2.12. The molecule has 0 bridgehead atoms. The predicted octanol–water partition coefficient (Wildman–Crippen LogP) is 0.509. The van der Waals surface area contributed by atoms with Crippen molar-refractivity contribution < 1.29 is 4.79 Å². The second kappa shape index (κ2) is 3.01. The van der Waals surface area contributed by atoms with E-state index in [4.69, 9.17) is 5.84 Å². The molecule has 0 saturated carbocycles. The van der Waals surface area contributed by atoms with Gasteiger partial charge >= 0.3 is 0 Å². The zero-order chi connectivity index (χ0) is 7.56. The Morgan fingerprint density at radius 2 is 2.50 bits per heavy atom. The predicted molar refractivity (Wildman–Crippen MR) is 38.9 cm³/mol. The Labute approximate surface area is 61.2 Å². The molecule has 1 atom stereocenters. The van der Waals surface area contributed by atoms with Crippen molar-refractivity contribution in [3.63, 3.8) is 0 Å². The lowest BCUT2D eigenvalue weighted by Crippen LogP contribution is -2.44. The molecule has 3 heteroatoms. The zero-order valence-electron chi connectivity index (χ0n) is 6.34. The van der Waals surface area contributed by atoms with Crippen LogP contribution in [0.2, 0.25) is 0 Å². The van der Waals surface area contributed by atoms with Crippen LogP contribution in [0, 0.1) is 5.92 Å². The lowest BCUT2D eigenvalue weighted by atomic mass is 9.96. The van der Waals surface area contributed by atoms with Crippen molar-refractivity contribution in [1.82, 2.24) is 5.01 Å². The molecule has 1 saturated heterocycles. The highest BCUT2D eigenvalue weighted by atomic mass is 16.2. The van der Waals surface area contributed by atoms with Crippen LogP contribution < -0.4 is 5.84 Å². The maximum atomic E-state index is 10.9. The maximum absolute atomic E-state index is 10.9. The second-order valence-corrected chi connectivity index (χ2v) is 2.86. The van der Waals surface area contributed by atoms with Crippen molar-refractivity contribution in [3.8, 4) is 0 Å². The van der Waals surface area contributed by atoms with Crippen LogP contribution in [0.15, 0.2) is 0 Å².